The SMILES string of the molecule is Cc1ccoc1CNCC(O)c1cccc(OC(C)C)c1. The average molecular weight is 289 g/mol. The normalized spacial score (nSPS) is 12.6. The predicted molar refractivity (Wildman–Crippen MR) is 82.3 cm³/mol. The summed E-state index contributed by atoms with van der Waals surface area (Å²) in [6, 6.07) is 9.51. The van der Waals surface area contributed by atoms with Crippen molar-refractivity contribution in [1.29, 1.82) is 0 Å². The van der Waals surface area contributed by atoms with E-state index in [2.05, 4.69) is 5.32 Å². The zero-order valence-corrected chi connectivity index (χ0v) is 12.8. The maximum Gasteiger partial charge on any atom is 0.120 e. The van der Waals surface area contributed by atoms with Crippen LogP contribution in [0.15, 0.2) is 41.0 Å². The number of aliphatic hydroxyl groups excluding tert-OH is 1. The highest BCUT2D eigenvalue weighted by Crippen LogP contribution is 2.20. The average Bonchev–Trinajstić information content (AvgIpc) is 2.84. The number of aryl methyl sites for hydroxylation is 1. The first-order valence-corrected chi connectivity index (χ1v) is 7.24. The molecule has 2 rings (SSSR count). The first-order chi connectivity index (χ1) is 10.1. The molecule has 0 radical (unpaired) electrons. The Kier molecular flexibility index (Phi) is 5.42. The Morgan fingerprint density at radius 1 is 1.29 bits per heavy atom. The summed E-state index contributed by atoms with van der Waals surface area (Å²) in [5.41, 5.74) is 1.96. The van der Waals surface area contributed by atoms with Gasteiger partial charge in [-0.3, -0.25) is 0 Å². The molecule has 4 heteroatoms. The third-order valence-corrected chi connectivity index (χ3v) is 3.21. The number of benzene rings is 1. The zero-order chi connectivity index (χ0) is 15.2. The molecule has 2 aromatic rings. The molecular formula is C17H23NO3. The molecule has 1 aromatic carbocycles. The minimum absolute atomic E-state index is 0.123. The lowest BCUT2D eigenvalue weighted by molar-refractivity contribution is 0.172. The lowest BCUT2D eigenvalue weighted by Crippen LogP contribution is -2.21. The minimum Gasteiger partial charge on any atom is -0.491 e. The molecule has 0 aliphatic rings. The van der Waals surface area contributed by atoms with Gasteiger partial charge in [-0.1, -0.05) is 12.1 Å². The van der Waals surface area contributed by atoms with E-state index in [0.717, 1.165) is 22.6 Å². The topological polar surface area (TPSA) is 54.6 Å². The van der Waals surface area contributed by atoms with Crippen molar-refractivity contribution in [2.24, 2.45) is 0 Å². The Morgan fingerprint density at radius 3 is 2.76 bits per heavy atom. The molecule has 0 aliphatic heterocycles. The fourth-order valence-corrected chi connectivity index (χ4v) is 2.09. The van der Waals surface area contributed by atoms with E-state index in [0.29, 0.717) is 13.1 Å². The van der Waals surface area contributed by atoms with Gasteiger partial charge in [-0.25, -0.2) is 0 Å². The van der Waals surface area contributed by atoms with Crippen LogP contribution in [0.2, 0.25) is 0 Å². The second kappa shape index (κ2) is 7.29. The van der Waals surface area contributed by atoms with E-state index in [1.165, 1.54) is 0 Å². The molecule has 1 heterocycles. The monoisotopic (exact) mass is 289 g/mol. The Bertz CT molecular complexity index is 563. The van der Waals surface area contributed by atoms with E-state index in [-0.39, 0.29) is 6.10 Å². The van der Waals surface area contributed by atoms with Crippen LogP contribution in [-0.2, 0) is 6.54 Å². The van der Waals surface area contributed by atoms with E-state index in [9.17, 15) is 5.11 Å². The van der Waals surface area contributed by atoms with Crippen molar-refractivity contribution in [2.45, 2.75) is 39.5 Å². The second-order valence-electron chi connectivity index (χ2n) is 5.41. The van der Waals surface area contributed by atoms with Crippen LogP contribution < -0.4 is 10.1 Å². The molecule has 0 fully saturated rings. The molecule has 114 valence electrons. The van der Waals surface area contributed by atoms with E-state index in [1.807, 2.05) is 51.1 Å². The highest BCUT2D eigenvalue weighted by molar-refractivity contribution is 5.30. The number of aliphatic hydroxyl groups is 1. The summed E-state index contributed by atoms with van der Waals surface area (Å²) in [7, 11) is 0. The third kappa shape index (κ3) is 4.62. The maximum atomic E-state index is 10.2. The molecule has 0 amide bonds. The molecule has 0 bridgehead atoms. The van der Waals surface area contributed by atoms with Crippen LogP contribution in [0.5, 0.6) is 5.75 Å². The van der Waals surface area contributed by atoms with Crippen LogP contribution in [0.1, 0.15) is 36.8 Å². The van der Waals surface area contributed by atoms with Crippen molar-refractivity contribution in [3.8, 4) is 5.75 Å². The summed E-state index contributed by atoms with van der Waals surface area (Å²) in [6.45, 7) is 7.04. The van der Waals surface area contributed by atoms with Crippen molar-refractivity contribution in [3.63, 3.8) is 0 Å². The molecule has 21 heavy (non-hydrogen) atoms. The Hall–Kier alpha value is -1.78. The Balaban J connectivity index is 1.88. The summed E-state index contributed by atoms with van der Waals surface area (Å²) in [6.07, 6.45) is 1.23. The molecule has 1 unspecified atom stereocenters. The number of rotatable bonds is 7. The van der Waals surface area contributed by atoms with E-state index in [1.54, 1.807) is 6.26 Å². The lowest BCUT2D eigenvalue weighted by Gasteiger charge is -2.15. The standard InChI is InChI=1S/C17H23NO3/c1-12(2)21-15-6-4-5-14(9-15)16(19)10-18-11-17-13(3)7-8-20-17/h4-9,12,16,18-19H,10-11H2,1-3H3. The molecule has 0 saturated heterocycles. The second-order valence-corrected chi connectivity index (χ2v) is 5.41. The molecule has 2 N–H and O–H groups in total. The molecule has 4 nitrogen and oxygen atoms in total. The van der Waals surface area contributed by atoms with Crippen LogP contribution in [0.3, 0.4) is 0 Å². The minimum atomic E-state index is -0.573. The van der Waals surface area contributed by atoms with Crippen molar-refractivity contribution in [1.82, 2.24) is 5.32 Å². The molecule has 0 saturated carbocycles. The van der Waals surface area contributed by atoms with Crippen LogP contribution in [0.25, 0.3) is 0 Å². The third-order valence-electron chi connectivity index (χ3n) is 3.21. The quantitative estimate of drug-likeness (QED) is 0.822. The molecule has 0 aliphatic carbocycles. The van der Waals surface area contributed by atoms with Gasteiger partial charge in [0.25, 0.3) is 0 Å². The fourth-order valence-electron chi connectivity index (χ4n) is 2.09. The van der Waals surface area contributed by atoms with Crippen LogP contribution in [0.4, 0.5) is 0 Å². The van der Waals surface area contributed by atoms with Gasteiger partial charge in [-0.2, -0.15) is 0 Å². The molecule has 1 atom stereocenters. The van der Waals surface area contributed by atoms with E-state index < -0.39 is 6.10 Å². The smallest absolute Gasteiger partial charge is 0.120 e. The highest BCUT2D eigenvalue weighted by Gasteiger charge is 2.10. The largest absolute Gasteiger partial charge is 0.491 e. The van der Waals surface area contributed by atoms with Gasteiger partial charge in [0.2, 0.25) is 0 Å². The van der Waals surface area contributed by atoms with Gasteiger partial charge < -0.3 is 19.6 Å². The predicted octanol–water partition coefficient (Wildman–Crippen LogP) is 3.20. The Labute approximate surface area is 125 Å². The zero-order valence-electron chi connectivity index (χ0n) is 12.8. The van der Waals surface area contributed by atoms with Gasteiger partial charge in [0.15, 0.2) is 0 Å². The van der Waals surface area contributed by atoms with E-state index in [4.69, 9.17) is 9.15 Å². The van der Waals surface area contributed by atoms with Gasteiger partial charge in [-0.05, 0) is 50.1 Å². The summed E-state index contributed by atoms with van der Waals surface area (Å²) >= 11 is 0. The van der Waals surface area contributed by atoms with Crippen LogP contribution in [0, 0.1) is 6.92 Å². The van der Waals surface area contributed by atoms with Crippen molar-refractivity contribution in [2.75, 3.05) is 6.54 Å². The van der Waals surface area contributed by atoms with Crippen LogP contribution >= 0.6 is 0 Å². The fraction of sp³-hybridized carbons (Fsp3) is 0.412. The first kappa shape index (κ1) is 15.6. The highest BCUT2D eigenvalue weighted by atomic mass is 16.5. The number of hydrogen-bond donors (Lipinski definition) is 2. The van der Waals surface area contributed by atoms with Crippen molar-refractivity contribution < 1.29 is 14.3 Å². The van der Waals surface area contributed by atoms with Crippen LogP contribution in [-0.4, -0.2) is 17.8 Å². The van der Waals surface area contributed by atoms with Gasteiger partial charge >= 0.3 is 0 Å². The number of nitrogens with one attached hydrogen (secondary N) is 1. The van der Waals surface area contributed by atoms with Gasteiger partial charge in [0.05, 0.1) is 25.0 Å². The number of hydrogen-bond acceptors (Lipinski definition) is 4. The number of ether oxygens (including phenoxy) is 1. The molecule has 0 spiro atoms. The van der Waals surface area contributed by atoms with E-state index >= 15 is 0 Å². The molecule has 1 aromatic heterocycles. The van der Waals surface area contributed by atoms with Crippen molar-refractivity contribution in [3.05, 3.63) is 53.5 Å². The summed E-state index contributed by atoms with van der Waals surface area (Å²) in [4.78, 5) is 0. The summed E-state index contributed by atoms with van der Waals surface area (Å²) in [5.74, 6) is 1.68. The summed E-state index contributed by atoms with van der Waals surface area (Å²) in [5, 5.41) is 13.4. The lowest BCUT2D eigenvalue weighted by atomic mass is 10.1. The summed E-state index contributed by atoms with van der Waals surface area (Å²) < 4.78 is 11.0. The first-order valence-electron chi connectivity index (χ1n) is 7.24. The molecular weight excluding hydrogens is 266 g/mol. The Morgan fingerprint density at radius 2 is 2.10 bits per heavy atom. The van der Waals surface area contributed by atoms with Gasteiger partial charge in [0, 0.05) is 6.54 Å². The van der Waals surface area contributed by atoms with Gasteiger partial charge in [0.1, 0.15) is 11.5 Å². The maximum absolute atomic E-state index is 10.2. The van der Waals surface area contributed by atoms with Gasteiger partial charge in [-0.15, -0.1) is 0 Å². The number of furan rings is 1. The van der Waals surface area contributed by atoms with Crippen molar-refractivity contribution >= 4 is 0 Å².